The zero-order valence-electron chi connectivity index (χ0n) is 21.3. The Hall–Kier alpha value is -3.55. The van der Waals surface area contributed by atoms with Crippen LogP contribution in [0.5, 0.6) is 5.75 Å². The van der Waals surface area contributed by atoms with E-state index in [0.29, 0.717) is 31.6 Å². The van der Waals surface area contributed by atoms with Gasteiger partial charge in [-0.3, -0.25) is 19.7 Å². The average molecular weight is 579 g/mol. The van der Waals surface area contributed by atoms with Crippen LogP contribution in [0.4, 0.5) is 5.69 Å². The maximum atomic E-state index is 13.5. The number of esters is 1. The van der Waals surface area contributed by atoms with Gasteiger partial charge >= 0.3 is 5.97 Å². The Morgan fingerprint density at radius 2 is 1.95 bits per heavy atom. The van der Waals surface area contributed by atoms with Crippen molar-refractivity contribution in [3.8, 4) is 17.1 Å². The Bertz CT molecular complexity index is 1580. The number of H-pyrrole nitrogens is 1. The summed E-state index contributed by atoms with van der Waals surface area (Å²) in [5, 5.41) is 11.0. The van der Waals surface area contributed by atoms with E-state index in [2.05, 4.69) is 9.97 Å². The molecule has 0 atom stereocenters. The maximum absolute atomic E-state index is 13.5. The van der Waals surface area contributed by atoms with Crippen molar-refractivity contribution in [3.63, 3.8) is 0 Å². The molecule has 0 aliphatic carbocycles. The molecule has 12 nitrogen and oxygen atoms in total. The second kappa shape index (κ2) is 11.7. The van der Waals surface area contributed by atoms with Crippen LogP contribution in [-0.4, -0.2) is 59.9 Å². The summed E-state index contributed by atoms with van der Waals surface area (Å²) in [6.07, 6.45) is 1.36. The number of aromatic nitrogens is 2. The first kappa shape index (κ1) is 28.5. The van der Waals surface area contributed by atoms with Crippen LogP contribution in [0.3, 0.4) is 0 Å². The first-order chi connectivity index (χ1) is 18.6. The average Bonchev–Trinajstić information content (AvgIpc) is 2.91. The first-order valence-electron chi connectivity index (χ1n) is 12.4. The number of rotatable bonds is 9. The SMILES string of the molecule is CCCOc1ccc(S(=O)(=O)N2CCC(C(=O)OCC)CC2)cc1-c1nc2cc(Cl)c([N+](=O)[O-])cc2c(=O)[nH]1. The number of nitro benzene ring substituents is 1. The van der Waals surface area contributed by atoms with Crippen LogP contribution in [0.1, 0.15) is 33.1 Å². The van der Waals surface area contributed by atoms with Crippen molar-refractivity contribution in [2.24, 2.45) is 5.92 Å². The van der Waals surface area contributed by atoms with E-state index in [0.717, 1.165) is 6.07 Å². The lowest BCUT2D eigenvalue weighted by Crippen LogP contribution is -2.40. The Morgan fingerprint density at radius 3 is 2.59 bits per heavy atom. The summed E-state index contributed by atoms with van der Waals surface area (Å²) in [6, 6.07) is 6.54. The van der Waals surface area contributed by atoms with E-state index >= 15 is 0 Å². The van der Waals surface area contributed by atoms with Gasteiger partial charge in [-0.25, -0.2) is 13.4 Å². The number of nitrogens with one attached hydrogen (secondary N) is 1. The molecule has 208 valence electrons. The smallest absolute Gasteiger partial charge is 0.309 e. The molecule has 1 aliphatic heterocycles. The van der Waals surface area contributed by atoms with Gasteiger partial charge in [0, 0.05) is 19.2 Å². The lowest BCUT2D eigenvalue weighted by Gasteiger charge is -2.30. The van der Waals surface area contributed by atoms with Crippen molar-refractivity contribution in [2.45, 2.75) is 38.0 Å². The van der Waals surface area contributed by atoms with Crippen LogP contribution in [0.15, 0.2) is 40.0 Å². The van der Waals surface area contributed by atoms with Gasteiger partial charge < -0.3 is 14.5 Å². The Morgan fingerprint density at radius 1 is 1.23 bits per heavy atom. The van der Waals surface area contributed by atoms with Gasteiger partial charge in [-0.2, -0.15) is 4.31 Å². The van der Waals surface area contributed by atoms with E-state index in [9.17, 15) is 28.1 Å². The molecule has 1 aromatic heterocycles. The van der Waals surface area contributed by atoms with E-state index in [-0.39, 0.29) is 63.8 Å². The van der Waals surface area contributed by atoms with E-state index in [1.54, 1.807) is 6.92 Å². The number of nitro groups is 1. The minimum Gasteiger partial charge on any atom is -0.493 e. The Kier molecular flexibility index (Phi) is 8.52. The molecule has 0 spiro atoms. The van der Waals surface area contributed by atoms with Crippen LogP contribution in [0.2, 0.25) is 5.02 Å². The number of halogens is 1. The minimum absolute atomic E-state index is 0.0154. The molecule has 0 unspecified atom stereocenters. The molecular weight excluding hydrogens is 552 g/mol. The van der Waals surface area contributed by atoms with Crippen LogP contribution in [0.25, 0.3) is 22.3 Å². The van der Waals surface area contributed by atoms with E-state index in [1.165, 1.54) is 28.6 Å². The summed E-state index contributed by atoms with van der Waals surface area (Å²) >= 11 is 6.03. The second-order valence-corrected chi connectivity index (χ2v) is 11.3. The van der Waals surface area contributed by atoms with E-state index in [4.69, 9.17) is 21.1 Å². The van der Waals surface area contributed by atoms with Crippen molar-refractivity contribution in [2.75, 3.05) is 26.3 Å². The second-order valence-electron chi connectivity index (χ2n) is 8.93. The highest BCUT2D eigenvalue weighted by molar-refractivity contribution is 7.89. The van der Waals surface area contributed by atoms with E-state index < -0.39 is 26.2 Å². The molecule has 14 heteroatoms. The number of aromatic amines is 1. The van der Waals surface area contributed by atoms with Gasteiger partial charge in [-0.1, -0.05) is 18.5 Å². The lowest BCUT2D eigenvalue weighted by atomic mass is 9.98. The minimum atomic E-state index is -3.96. The molecule has 0 radical (unpaired) electrons. The zero-order valence-corrected chi connectivity index (χ0v) is 22.9. The molecule has 0 saturated carbocycles. The summed E-state index contributed by atoms with van der Waals surface area (Å²) in [5.74, 6) is -0.369. The molecule has 2 heterocycles. The molecule has 1 fully saturated rings. The molecule has 1 aliphatic rings. The molecular formula is C25H27ClN4O8S. The van der Waals surface area contributed by atoms with Crippen molar-refractivity contribution in [3.05, 3.63) is 55.8 Å². The number of piperidine rings is 1. The van der Waals surface area contributed by atoms with Gasteiger partial charge in [0.2, 0.25) is 10.0 Å². The number of ether oxygens (including phenoxy) is 2. The van der Waals surface area contributed by atoms with Crippen LogP contribution >= 0.6 is 11.6 Å². The quantitative estimate of drug-likeness (QED) is 0.225. The third-order valence-electron chi connectivity index (χ3n) is 6.35. The normalized spacial score (nSPS) is 14.8. The van der Waals surface area contributed by atoms with Gasteiger partial charge in [0.05, 0.1) is 45.4 Å². The predicted molar refractivity (Wildman–Crippen MR) is 143 cm³/mol. The van der Waals surface area contributed by atoms with Gasteiger partial charge in [-0.05, 0) is 50.5 Å². The monoisotopic (exact) mass is 578 g/mol. The third-order valence-corrected chi connectivity index (χ3v) is 8.55. The molecule has 4 rings (SSSR count). The number of benzene rings is 2. The van der Waals surface area contributed by atoms with Crippen molar-refractivity contribution < 1.29 is 27.6 Å². The number of sulfonamides is 1. The number of carbonyl (C=O) groups is 1. The van der Waals surface area contributed by atoms with Gasteiger partial charge in [0.25, 0.3) is 11.2 Å². The molecule has 1 N–H and O–H groups in total. The van der Waals surface area contributed by atoms with Crippen molar-refractivity contribution >= 4 is 44.2 Å². The fourth-order valence-electron chi connectivity index (χ4n) is 4.35. The molecule has 0 bridgehead atoms. The standard InChI is InChI=1S/C25H27ClN4O8S/c1-3-11-38-22-6-5-16(39(35,36)29-9-7-15(8-10-29)25(32)37-4-2)12-18(22)23-27-20-14-19(26)21(30(33)34)13-17(20)24(31)28-23/h5-6,12-15H,3-4,7-11H2,1-2H3,(H,27,28,31). The zero-order chi connectivity index (χ0) is 28.3. The number of carbonyl (C=O) groups excluding carboxylic acids is 1. The Labute approximate surface area is 229 Å². The predicted octanol–water partition coefficient (Wildman–Crippen LogP) is 3.90. The highest BCUT2D eigenvalue weighted by Crippen LogP contribution is 2.34. The van der Waals surface area contributed by atoms with Gasteiger partial charge in [0.15, 0.2) is 0 Å². The van der Waals surface area contributed by atoms with E-state index in [1.807, 2.05) is 6.92 Å². The molecule has 3 aromatic rings. The number of fused-ring (bicyclic) bond motifs is 1. The summed E-state index contributed by atoms with van der Waals surface area (Å²) in [4.78, 5) is 42.4. The van der Waals surface area contributed by atoms with Crippen molar-refractivity contribution in [1.29, 1.82) is 0 Å². The number of hydrogen-bond acceptors (Lipinski definition) is 9. The number of hydrogen-bond donors (Lipinski definition) is 1. The van der Waals surface area contributed by atoms with Gasteiger partial charge in [0.1, 0.15) is 16.6 Å². The topological polar surface area (TPSA) is 162 Å². The fraction of sp³-hybridized carbons (Fsp3) is 0.400. The molecule has 39 heavy (non-hydrogen) atoms. The maximum Gasteiger partial charge on any atom is 0.309 e. The Balaban J connectivity index is 1.74. The summed E-state index contributed by atoms with van der Waals surface area (Å²) < 4.78 is 39.2. The third kappa shape index (κ3) is 5.89. The molecule has 2 aromatic carbocycles. The van der Waals surface area contributed by atoms with Crippen LogP contribution < -0.4 is 10.3 Å². The molecule has 0 amide bonds. The van der Waals surface area contributed by atoms with Gasteiger partial charge in [-0.15, -0.1) is 0 Å². The highest BCUT2D eigenvalue weighted by atomic mass is 35.5. The summed E-state index contributed by atoms with van der Waals surface area (Å²) in [6.45, 7) is 4.52. The van der Waals surface area contributed by atoms with Crippen molar-refractivity contribution in [1.82, 2.24) is 14.3 Å². The number of nitrogens with zero attached hydrogens (tertiary/aromatic N) is 3. The first-order valence-corrected chi connectivity index (χ1v) is 14.2. The summed E-state index contributed by atoms with van der Waals surface area (Å²) in [7, 11) is -3.96. The molecule has 1 saturated heterocycles. The van der Waals surface area contributed by atoms with Crippen LogP contribution in [-0.2, 0) is 19.6 Å². The summed E-state index contributed by atoms with van der Waals surface area (Å²) in [5.41, 5.74) is -0.777. The highest BCUT2D eigenvalue weighted by Gasteiger charge is 2.33. The lowest BCUT2D eigenvalue weighted by molar-refractivity contribution is -0.384. The van der Waals surface area contributed by atoms with Crippen LogP contribution in [0, 0.1) is 16.0 Å². The largest absolute Gasteiger partial charge is 0.493 e. The fourth-order valence-corrected chi connectivity index (χ4v) is 6.07.